The fraction of sp³-hybridized carbons (Fsp3) is 0. The number of aromatic nitrogens is 1. The van der Waals surface area contributed by atoms with Crippen LogP contribution in [-0.4, -0.2) is 11.3 Å². The van der Waals surface area contributed by atoms with Crippen molar-refractivity contribution in [3.63, 3.8) is 0 Å². The van der Waals surface area contributed by atoms with Gasteiger partial charge in [0.2, 0.25) is 0 Å². The van der Waals surface area contributed by atoms with E-state index in [1.807, 2.05) is 18.2 Å². The molecule has 0 unspecified atom stereocenters. The zero-order chi connectivity index (χ0) is 21.6. The lowest BCUT2D eigenvalue weighted by Gasteiger charge is -2.22. The fourth-order valence-corrected chi connectivity index (χ4v) is 6.15. The number of benzene rings is 4. The van der Waals surface area contributed by atoms with Gasteiger partial charge in [-0.15, -0.1) is 0 Å². The van der Waals surface area contributed by atoms with Crippen LogP contribution >= 0.6 is 7.92 Å². The Morgan fingerprint density at radius 1 is 0.656 bits per heavy atom. The lowest BCUT2D eigenvalue weighted by atomic mass is 10.2. The van der Waals surface area contributed by atoms with Crippen LogP contribution in [0.2, 0.25) is 0 Å². The van der Waals surface area contributed by atoms with Crippen LogP contribution in [0.15, 0.2) is 126 Å². The van der Waals surface area contributed by atoms with Crippen molar-refractivity contribution in [2.24, 2.45) is 4.99 Å². The molecule has 0 amide bonds. The highest BCUT2D eigenvalue weighted by molar-refractivity contribution is 7.80. The lowest BCUT2D eigenvalue weighted by molar-refractivity contribution is 1.39. The second kappa shape index (κ2) is 9.55. The van der Waals surface area contributed by atoms with Crippen molar-refractivity contribution in [2.75, 3.05) is 5.32 Å². The van der Waals surface area contributed by atoms with Gasteiger partial charge in [0.05, 0.1) is 17.5 Å². The smallest absolute Gasteiger partial charge is 0.0959 e. The average Bonchev–Trinajstić information content (AvgIpc) is 2.87. The van der Waals surface area contributed by atoms with Gasteiger partial charge in [0.1, 0.15) is 0 Å². The van der Waals surface area contributed by atoms with Gasteiger partial charge < -0.3 is 5.32 Å². The molecule has 1 aromatic heterocycles. The maximum absolute atomic E-state index is 4.68. The molecule has 4 aromatic carbocycles. The third kappa shape index (κ3) is 4.30. The molecule has 0 spiro atoms. The van der Waals surface area contributed by atoms with Crippen LogP contribution in [0.5, 0.6) is 0 Å². The largest absolute Gasteiger partial charge is 0.346 e. The predicted molar refractivity (Wildman–Crippen MR) is 139 cm³/mol. The molecule has 0 radical (unpaired) electrons. The molecule has 0 saturated heterocycles. The van der Waals surface area contributed by atoms with E-state index in [1.165, 1.54) is 15.9 Å². The normalized spacial score (nSPS) is 11.3. The number of aliphatic imine (C=N–C) groups is 1. The Hall–Kier alpha value is -3.81. The van der Waals surface area contributed by atoms with Crippen molar-refractivity contribution >= 4 is 52.5 Å². The number of anilines is 1. The molecule has 0 aliphatic rings. The molecule has 0 aliphatic carbocycles. The minimum absolute atomic E-state index is 0.702. The van der Waals surface area contributed by atoms with Gasteiger partial charge in [0.25, 0.3) is 0 Å². The Morgan fingerprint density at radius 2 is 1.31 bits per heavy atom. The van der Waals surface area contributed by atoms with E-state index >= 15 is 0 Å². The number of nitrogens with one attached hydrogen (secondary N) is 1. The minimum atomic E-state index is -0.702. The monoisotopic (exact) mass is 431 g/mol. The highest BCUT2D eigenvalue weighted by Crippen LogP contribution is 2.35. The molecule has 0 saturated carbocycles. The van der Waals surface area contributed by atoms with E-state index in [1.54, 1.807) is 12.5 Å². The standard InChI is InChI=1S/C28H22N3P/c1-3-13-23(14-4-1)32(24-15-5-2-6-16-24)27-19-8-7-17-25(27)30-21-31-26-18-9-11-22-12-10-20-29-28(22)26/h1-21H,(H,30,31). The summed E-state index contributed by atoms with van der Waals surface area (Å²) >= 11 is 0. The number of hydrogen-bond donors (Lipinski definition) is 1. The van der Waals surface area contributed by atoms with Crippen LogP contribution in [0, 0.1) is 0 Å². The summed E-state index contributed by atoms with van der Waals surface area (Å²) in [4.78, 5) is 9.18. The van der Waals surface area contributed by atoms with E-state index in [9.17, 15) is 0 Å². The highest BCUT2D eigenvalue weighted by atomic mass is 31.1. The first-order chi connectivity index (χ1) is 15.9. The van der Waals surface area contributed by atoms with Crippen molar-refractivity contribution in [3.8, 4) is 0 Å². The molecule has 5 rings (SSSR count). The second-order valence-electron chi connectivity index (χ2n) is 7.28. The highest BCUT2D eigenvalue weighted by Gasteiger charge is 2.18. The molecule has 0 atom stereocenters. The summed E-state index contributed by atoms with van der Waals surface area (Å²) in [5.74, 6) is 0. The minimum Gasteiger partial charge on any atom is -0.346 e. The average molecular weight is 431 g/mol. The van der Waals surface area contributed by atoms with Crippen LogP contribution < -0.4 is 21.2 Å². The van der Waals surface area contributed by atoms with E-state index in [0.717, 1.165) is 22.3 Å². The summed E-state index contributed by atoms with van der Waals surface area (Å²) < 4.78 is 0. The third-order valence-electron chi connectivity index (χ3n) is 5.21. The quantitative estimate of drug-likeness (QED) is 0.211. The first-order valence-corrected chi connectivity index (χ1v) is 11.9. The van der Waals surface area contributed by atoms with Gasteiger partial charge in [-0.1, -0.05) is 97.1 Å². The first-order valence-electron chi connectivity index (χ1n) is 10.5. The molecule has 32 heavy (non-hydrogen) atoms. The third-order valence-corrected chi connectivity index (χ3v) is 7.71. The molecule has 1 N–H and O–H groups in total. The molecule has 154 valence electrons. The number of pyridine rings is 1. The number of fused-ring (bicyclic) bond motifs is 1. The van der Waals surface area contributed by atoms with Gasteiger partial charge >= 0.3 is 0 Å². The SMILES string of the molecule is C(=Nc1cccc2cccnc12)Nc1ccccc1P(c1ccccc1)c1ccccc1. The van der Waals surface area contributed by atoms with Crippen molar-refractivity contribution in [1.82, 2.24) is 4.98 Å². The maximum Gasteiger partial charge on any atom is 0.0959 e. The number of hydrogen-bond acceptors (Lipinski definition) is 2. The Kier molecular flexibility index (Phi) is 6.00. The van der Waals surface area contributed by atoms with Crippen molar-refractivity contribution < 1.29 is 0 Å². The van der Waals surface area contributed by atoms with Gasteiger partial charge in [-0.05, 0) is 36.7 Å². The summed E-state index contributed by atoms with van der Waals surface area (Å²) in [6.45, 7) is 0. The van der Waals surface area contributed by atoms with Gasteiger partial charge in [0, 0.05) is 22.6 Å². The molecular formula is C28H22N3P. The van der Waals surface area contributed by atoms with E-state index < -0.39 is 7.92 Å². The van der Waals surface area contributed by atoms with Crippen LogP contribution in [0.1, 0.15) is 0 Å². The summed E-state index contributed by atoms with van der Waals surface area (Å²) in [5, 5.41) is 8.43. The van der Waals surface area contributed by atoms with Crippen LogP contribution in [0.25, 0.3) is 10.9 Å². The Morgan fingerprint density at radius 3 is 2.06 bits per heavy atom. The lowest BCUT2D eigenvalue weighted by Crippen LogP contribution is -2.22. The molecular weight excluding hydrogens is 409 g/mol. The first kappa shape index (κ1) is 20.1. The Labute approximate surface area is 189 Å². The summed E-state index contributed by atoms with van der Waals surface area (Å²) in [6.07, 6.45) is 3.57. The summed E-state index contributed by atoms with van der Waals surface area (Å²) in [7, 11) is -0.702. The van der Waals surface area contributed by atoms with Crippen LogP contribution in [0.4, 0.5) is 11.4 Å². The number of nitrogens with zero attached hydrogens (tertiary/aromatic N) is 2. The van der Waals surface area contributed by atoms with E-state index in [2.05, 4.69) is 112 Å². The summed E-state index contributed by atoms with van der Waals surface area (Å²) in [6, 6.07) is 40.0. The zero-order valence-electron chi connectivity index (χ0n) is 17.5. The van der Waals surface area contributed by atoms with Crippen molar-refractivity contribution in [2.45, 2.75) is 0 Å². The van der Waals surface area contributed by atoms with Gasteiger partial charge in [-0.2, -0.15) is 0 Å². The maximum atomic E-state index is 4.68. The van der Waals surface area contributed by atoms with Gasteiger partial charge in [0.15, 0.2) is 0 Å². The Balaban J connectivity index is 1.51. The topological polar surface area (TPSA) is 37.3 Å². The molecule has 5 aromatic rings. The molecule has 3 nitrogen and oxygen atoms in total. The number of para-hydroxylation sites is 2. The van der Waals surface area contributed by atoms with E-state index in [-0.39, 0.29) is 0 Å². The summed E-state index contributed by atoms with van der Waals surface area (Å²) in [5.41, 5.74) is 2.81. The van der Waals surface area contributed by atoms with E-state index in [4.69, 9.17) is 0 Å². The predicted octanol–water partition coefficient (Wildman–Crippen LogP) is 5.76. The van der Waals surface area contributed by atoms with Crippen molar-refractivity contribution in [3.05, 3.63) is 121 Å². The fourth-order valence-electron chi connectivity index (χ4n) is 3.74. The van der Waals surface area contributed by atoms with E-state index in [0.29, 0.717) is 0 Å². The molecule has 0 aliphatic heterocycles. The molecule has 0 fully saturated rings. The van der Waals surface area contributed by atoms with Gasteiger partial charge in [-0.3, -0.25) is 4.98 Å². The molecule has 0 bridgehead atoms. The van der Waals surface area contributed by atoms with Gasteiger partial charge in [-0.25, -0.2) is 4.99 Å². The number of rotatable bonds is 6. The van der Waals surface area contributed by atoms with Crippen molar-refractivity contribution in [1.29, 1.82) is 0 Å². The molecule has 4 heteroatoms. The van der Waals surface area contributed by atoms with Crippen LogP contribution in [-0.2, 0) is 0 Å². The zero-order valence-corrected chi connectivity index (χ0v) is 18.4. The second-order valence-corrected chi connectivity index (χ2v) is 9.46. The van der Waals surface area contributed by atoms with Crippen LogP contribution in [0.3, 0.4) is 0 Å². The Bertz CT molecular complexity index is 1310. The molecule has 1 heterocycles.